The Morgan fingerprint density at radius 1 is 1.14 bits per heavy atom. The Hall–Kier alpha value is -2.73. The molecular formula is C22H22N2O3S. The standard InChI is InChI=1S/C22H22N2O3S/c1-14(2)12-24-21(25)20(11-16-6-9-18-19(10-16)27-13-26-18)28-22(24)23-17-7-4-15(3)5-8-17/h4-11,14H,12-13H2,1-3H3/b20-11+,23-22?. The predicted octanol–water partition coefficient (Wildman–Crippen LogP) is 4.98. The van der Waals surface area contributed by atoms with Crippen molar-refractivity contribution in [3.63, 3.8) is 0 Å². The van der Waals surface area contributed by atoms with E-state index >= 15 is 0 Å². The lowest BCUT2D eigenvalue weighted by Gasteiger charge is -2.17. The van der Waals surface area contributed by atoms with E-state index < -0.39 is 0 Å². The van der Waals surface area contributed by atoms with Crippen LogP contribution < -0.4 is 9.47 Å². The van der Waals surface area contributed by atoms with Gasteiger partial charge in [-0.15, -0.1) is 0 Å². The number of rotatable bonds is 4. The van der Waals surface area contributed by atoms with Crippen molar-refractivity contribution in [3.05, 3.63) is 58.5 Å². The first-order chi connectivity index (χ1) is 13.5. The molecule has 2 aliphatic rings. The number of carbonyl (C=O) groups excluding carboxylic acids is 1. The molecule has 1 fully saturated rings. The molecule has 0 unspecified atom stereocenters. The summed E-state index contributed by atoms with van der Waals surface area (Å²) < 4.78 is 10.8. The quantitative estimate of drug-likeness (QED) is 0.686. The van der Waals surface area contributed by atoms with E-state index in [4.69, 9.17) is 14.5 Å². The molecule has 0 aliphatic carbocycles. The molecule has 2 heterocycles. The maximum absolute atomic E-state index is 13.0. The van der Waals surface area contributed by atoms with Crippen molar-refractivity contribution in [1.29, 1.82) is 0 Å². The third-order valence-corrected chi connectivity index (χ3v) is 5.40. The van der Waals surface area contributed by atoms with Crippen LogP contribution in [0, 0.1) is 12.8 Å². The van der Waals surface area contributed by atoms with Crippen molar-refractivity contribution in [2.45, 2.75) is 20.8 Å². The zero-order valence-corrected chi connectivity index (χ0v) is 17.0. The summed E-state index contributed by atoms with van der Waals surface area (Å²) in [4.78, 5) is 20.2. The second-order valence-electron chi connectivity index (χ2n) is 7.26. The Kier molecular flexibility index (Phi) is 5.13. The number of ether oxygens (including phenoxy) is 2. The second-order valence-corrected chi connectivity index (χ2v) is 8.27. The fourth-order valence-corrected chi connectivity index (χ4v) is 4.01. The normalized spacial score (nSPS) is 18.7. The van der Waals surface area contributed by atoms with Crippen molar-refractivity contribution in [3.8, 4) is 11.5 Å². The molecule has 144 valence electrons. The third kappa shape index (κ3) is 3.92. The molecule has 1 saturated heterocycles. The van der Waals surface area contributed by atoms with E-state index in [0.29, 0.717) is 23.1 Å². The number of nitrogens with zero attached hydrogens (tertiary/aromatic N) is 2. The molecule has 1 amide bonds. The van der Waals surface area contributed by atoms with E-state index in [1.165, 1.54) is 17.3 Å². The fraction of sp³-hybridized carbons (Fsp3) is 0.273. The number of benzene rings is 2. The molecule has 0 radical (unpaired) electrons. The molecule has 4 rings (SSSR count). The highest BCUT2D eigenvalue weighted by atomic mass is 32.2. The van der Waals surface area contributed by atoms with Gasteiger partial charge < -0.3 is 9.47 Å². The first-order valence-electron chi connectivity index (χ1n) is 9.26. The van der Waals surface area contributed by atoms with Gasteiger partial charge in [0.25, 0.3) is 5.91 Å². The summed E-state index contributed by atoms with van der Waals surface area (Å²) in [6.07, 6.45) is 1.89. The minimum atomic E-state index is -0.0118. The summed E-state index contributed by atoms with van der Waals surface area (Å²) in [6.45, 7) is 7.11. The fourth-order valence-electron chi connectivity index (χ4n) is 3.00. The van der Waals surface area contributed by atoms with E-state index in [0.717, 1.165) is 22.2 Å². The number of hydrogen-bond donors (Lipinski definition) is 0. The molecule has 28 heavy (non-hydrogen) atoms. The van der Waals surface area contributed by atoms with Crippen LogP contribution in [0.5, 0.6) is 11.5 Å². The number of aryl methyl sites for hydroxylation is 1. The number of fused-ring (bicyclic) bond motifs is 1. The van der Waals surface area contributed by atoms with Gasteiger partial charge in [-0.05, 0) is 60.5 Å². The first-order valence-corrected chi connectivity index (χ1v) is 10.1. The SMILES string of the molecule is Cc1ccc(N=C2S/C(=C/c3ccc4c(c3)OCO4)C(=O)N2CC(C)C)cc1. The van der Waals surface area contributed by atoms with E-state index in [9.17, 15) is 4.79 Å². The van der Waals surface area contributed by atoms with E-state index in [1.807, 2.05) is 55.5 Å². The molecule has 0 saturated carbocycles. The van der Waals surface area contributed by atoms with Gasteiger partial charge in [0.1, 0.15) is 0 Å². The molecule has 2 aromatic rings. The monoisotopic (exact) mass is 394 g/mol. The van der Waals surface area contributed by atoms with Gasteiger partial charge in [-0.3, -0.25) is 9.69 Å². The maximum atomic E-state index is 13.0. The molecule has 2 aliphatic heterocycles. The maximum Gasteiger partial charge on any atom is 0.266 e. The van der Waals surface area contributed by atoms with Gasteiger partial charge in [0.2, 0.25) is 6.79 Å². The van der Waals surface area contributed by atoms with Crippen LogP contribution in [0.25, 0.3) is 6.08 Å². The Bertz CT molecular complexity index is 964. The van der Waals surface area contributed by atoms with E-state index in [2.05, 4.69) is 13.8 Å². The van der Waals surface area contributed by atoms with E-state index in [1.54, 1.807) is 4.90 Å². The van der Waals surface area contributed by atoms with Crippen molar-refractivity contribution in [1.82, 2.24) is 4.90 Å². The number of aliphatic imine (C=N–C) groups is 1. The van der Waals surface area contributed by atoms with Gasteiger partial charge in [-0.25, -0.2) is 4.99 Å². The Balaban J connectivity index is 1.65. The number of hydrogen-bond acceptors (Lipinski definition) is 5. The molecule has 5 nitrogen and oxygen atoms in total. The second kappa shape index (κ2) is 7.72. The third-order valence-electron chi connectivity index (χ3n) is 4.39. The Morgan fingerprint density at radius 2 is 1.89 bits per heavy atom. The van der Waals surface area contributed by atoms with Crippen LogP contribution in [0.1, 0.15) is 25.0 Å². The lowest BCUT2D eigenvalue weighted by atomic mass is 10.1. The molecule has 6 heteroatoms. The molecule has 0 aromatic heterocycles. The van der Waals surface area contributed by atoms with Crippen LogP contribution in [0.4, 0.5) is 5.69 Å². The Morgan fingerprint density at radius 3 is 2.64 bits per heavy atom. The first kappa shape index (κ1) is 18.6. The van der Waals surface area contributed by atoms with Crippen LogP contribution in [0.2, 0.25) is 0 Å². The minimum absolute atomic E-state index is 0.0118. The van der Waals surface area contributed by atoms with Crippen LogP contribution in [-0.2, 0) is 4.79 Å². The number of carbonyl (C=O) groups is 1. The average Bonchev–Trinajstić information content (AvgIpc) is 3.23. The van der Waals surface area contributed by atoms with Gasteiger partial charge in [0, 0.05) is 6.54 Å². The van der Waals surface area contributed by atoms with Crippen molar-refractivity contribution in [2.75, 3.05) is 13.3 Å². The van der Waals surface area contributed by atoms with Gasteiger partial charge in [0.15, 0.2) is 16.7 Å². The number of thioether (sulfide) groups is 1. The van der Waals surface area contributed by atoms with Gasteiger partial charge in [-0.2, -0.15) is 0 Å². The number of amidine groups is 1. The highest BCUT2D eigenvalue weighted by molar-refractivity contribution is 8.18. The van der Waals surface area contributed by atoms with Crippen molar-refractivity contribution in [2.24, 2.45) is 10.9 Å². The molecule has 2 aromatic carbocycles. The smallest absolute Gasteiger partial charge is 0.266 e. The Labute approximate surface area is 169 Å². The summed E-state index contributed by atoms with van der Waals surface area (Å²) >= 11 is 1.41. The lowest BCUT2D eigenvalue weighted by Crippen LogP contribution is -2.32. The van der Waals surface area contributed by atoms with Gasteiger partial charge in [-0.1, -0.05) is 37.6 Å². The lowest BCUT2D eigenvalue weighted by molar-refractivity contribution is -0.122. The molecule has 0 spiro atoms. The number of amides is 1. The predicted molar refractivity (Wildman–Crippen MR) is 113 cm³/mol. The van der Waals surface area contributed by atoms with Crippen molar-refractivity contribution < 1.29 is 14.3 Å². The minimum Gasteiger partial charge on any atom is -0.454 e. The van der Waals surface area contributed by atoms with E-state index in [-0.39, 0.29) is 12.7 Å². The highest BCUT2D eigenvalue weighted by Crippen LogP contribution is 2.37. The topological polar surface area (TPSA) is 51.1 Å². The van der Waals surface area contributed by atoms with Gasteiger partial charge >= 0.3 is 0 Å². The largest absolute Gasteiger partial charge is 0.454 e. The molecule has 0 atom stereocenters. The average molecular weight is 394 g/mol. The zero-order chi connectivity index (χ0) is 19.7. The van der Waals surface area contributed by atoms with Crippen LogP contribution in [-0.4, -0.2) is 29.3 Å². The molecule has 0 N–H and O–H groups in total. The summed E-state index contributed by atoms with van der Waals surface area (Å²) in [7, 11) is 0. The van der Waals surface area contributed by atoms with Crippen LogP contribution in [0.3, 0.4) is 0 Å². The summed E-state index contributed by atoms with van der Waals surface area (Å²) in [5.41, 5.74) is 2.93. The molecular weight excluding hydrogens is 372 g/mol. The zero-order valence-electron chi connectivity index (χ0n) is 16.1. The summed E-state index contributed by atoms with van der Waals surface area (Å²) in [5.74, 6) is 1.77. The highest BCUT2D eigenvalue weighted by Gasteiger charge is 2.33. The summed E-state index contributed by atoms with van der Waals surface area (Å²) in [5, 5.41) is 0.717. The van der Waals surface area contributed by atoms with Gasteiger partial charge in [0.05, 0.1) is 10.6 Å². The van der Waals surface area contributed by atoms with Crippen LogP contribution >= 0.6 is 11.8 Å². The summed E-state index contributed by atoms with van der Waals surface area (Å²) in [6, 6.07) is 13.7. The molecule has 0 bridgehead atoms. The van der Waals surface area contributed by atoms with Crippen LogP contribution in [0.15, 0.2) is 52.4 Å². The van der Waals surface area contributed by atoms with Crippen molar-refractivity contribution >= 4 is 34.6 Å².